The minimum atomic E-state index is -0.555. The molecule has 0 aliphatic rings. The summed E-state index contributed by atoms with van der Waals surface area (Å²) in [5.74, 6) is 0.423. The molecule has 0 spiro atoms. The Labute approximate surface area is 317 Å². The van der Waals surface area contributed by atoms with E-state index in [1.807, 2.05) is 66.7 Å². The van der Waals surface area contributed by atoms with E-state index in [4.69, 9.17) is 27.6 Å². The fourth-order valence-electron chi connectivity index (χ4n) is 7.31. The molecule has 0 bridgehead atoms. The van der Waals surface area contributed by atoms with Gasteiger partial charge in [-0.3, -0.25) is 4.57 Å². The van der Waals surface area contributed by atoms with Crippen molar-refractivity contribution < 1.29 is 18.1 Å². The molecule has 0 radical (unpaired) electrons. The highest BCUT2D eigenvalue weighted by Crippen LogP contribution is 2.43. The summed E-state index contributed by atoms with van der Waals surface area (Å²) in [6.07, 6.45) is 0. The molecule has 0 fully saturated rings. The highest BCUT2D eigenvalue weighted by molar-refractivity contribution is 7.26. The molecule has 5 aromatic heterocycles. The van der Waals surface area contributed by atoms with Crippen LogP contribution in [0.2, 0.25) is 0 Å². The van der Waals surface area contributed by atoms with E-state index in [-0.39, 0.29) is 61.3 Å². The lowest BCUT2D eigenvalue weighted by molar-refractivity contribution is 0.673. The van der Waals surface area contributed by atoms with Crippen molar-refractivity contribution in [2.75, 3.05) is 0 Å². The van der Waals surface area contributed by atoms with Crippen LogP contribution in [0, 0.1) is 0 Å². The molecular weight excluding hydrogens is 677 g/mol. The summed E-state index contributed by atoms with van der Waals surface area (Å²) in [5, 5.41) is 3.74. The number of nitrogens with zero attached hydrogens (tertiary/aromatic N) is 4. The molecule has 7 heteroatoms. The van der Waals surface area contributed by atoms with E-state index in [1.165, 1.54) is 4.57 Å². The van der Waals surface area contributed by atoms with Gasteiger partial charge in [-0.05, 0) is 60.6 Å². The quantitative estimate of drug-likeness (QED) is 0.183. The highest BCUT2D eigenvalue weighted by Gasteiger charge is 2.22. The fourth-order valence-corrected chi connectivity index (χ4v) is 9.53. The number of hydrogen-bond donors (Lipinski definition) is 0. The number of hydrogen-bond acceptors (Lipinski definition) is 6. The summed E-state index contributed by atoms with van der Waals surface area (Å²) in [4.78, 5) is 15.3. The van der Waals surface area contributed by atoms with E-state index in [0.717, 1.165) is 40.3 Å². The van der Waals surface area contributed by atoms with Gasteiger partial charge < -0.3 is 4.42 Å². The Morgan fingerprint density at radius 2 is 1.25 bits per heavy atom. The van der Waals surface area contributed by atoms with Gasteiger partial charge in [0, 0.05) is 67.6 Å². The van der Waals surface area contributed by atoms with Crippen LogP contribution in [0.3, 0.4) is 0 Å². The van der Waals surface area contributed by atoms with Crippen LogP contribution < -0.4 is 0 Å². The maximum absolute atomic E-state index is 9.61. The summed E-state index contributed by atoms with van der Waals surface area (Å²) >= 11 is 3.30. The van der Waals surface area contributed by atoms with Gasteiger partial charge in [0.1, 0.15) is 11.2 Å². The maximum Gasteiger partial charge on any atom is 0.238 e. The number of rotatable bonds is 3. The van der Waals surface area contributed by atoms with Gasteiger partial charge in [-0.15, -0.1) is 22.7 Å². The van der Waals surface area contributed by atoms with Crippen LogP contribution in [0.5, 0.6) is 0 Å². The first-order valence-corrected chi connectivity index (χ1v) is 18.0. The zero-order valence-electron chi connectivity index (χ0n) is 36.6. The second-order valence-electron chi connectivity index (χ2n) is 12.4. The monoisotopic (exact) mass is 710 g/mol. The third kappa shape index (κ3) is 3.94. The summed E-state index contributed by atoms with van der Waals surface area (Å²) in [6.45, 7) is 0. The average molecular weight is 711 g/mol. The molecule has 12 rings (SSSR count). The second kappa shape index (κ2) is 10.6. The lowest BCUT2D eigenvalue weighted by atomic mass is 10.1. The van der Waals surface area contributed by atoms with Gasteiger partial charge in [0.2, 0.25) is 5.95 Å². The van der Waals surface area contributed by atoms with Crippen LogP contribution in [-0.4, -0.2) is 19.5 Å². The Morgan fingerprint density at radius 3 is 2.17 bits per heavy atom. The van der Waals surface area contributed by atoms with Crippen LogP contribution in [0.25, 0.3) is 113 Å². The van der Waals surface area contributed by atoms with Crippen molar-refractivity contribution in [3.8, 4) is 28.7 Å². The van der Waals surface area contributed by atoms with Gasteiger partial charge in [-0.25, -0.2) is 4.98 Å². The molecule has 0 aliphatic carbocycles. The van der Waals surface area contributed by atoms with Crippen molar-refractivity contribution in [3.05, 3.63) is 145 Å². The third-order valence-corrected chi connectivity index (χ3v) is 11.9. The van der Waals surface area contributed by atoms with Gasteiger partial charge in [0.15, 0.2) is 11.6 Å². The lowest BCUT2D eigenvalue weighted by Gasteiger charge is -2.12. The smallest absolute Gasteiger partial charge is 0.238 e. The molecule has 0 N–H and O–H groups in total. The largest absolute Gasteiger partial charge is 0.455 e. The van der Waals surface area contributed by atoms with Crippen molar-refractivity contribution in [1.82, 2.24) is 19.5 Å². The van der Waals surface area contributed by atoms with Crippen molar-refractivity contribution in [2.24, 2.45) is 0 Å². The molecule has 242 valence electrons. The molecule has 12 aromatic rings. The van der Waals surface area contributed by atoms with E-state index < -0.39 is 60.4 Å². The van der Waals surface area contributed by atoms with E-state index in [0.29, 0.717) is 11.1 Å². The minimum Gasteiger partial charge on any atom is -0.455 e. The molecule has 0 saturated carbocycles. The Morgan fingerprint density at radius 1 is 0.519 bits per heavy atom. The summed E-state index contributed by atoms with van der Waals surface area (Å²) < 4.78 is 101. The lowest BCUT2D eigenvalue weighted by Crippen LogP contribution is -2.06. The Balaban J connectivity index is 1.27. The molecule has 0 saturated heterocycles. The van der Waals surface area contributed by atoms with Crippen molar-refractivity contribution in [2.45, 2.75) is 0 Å². The zero-order chi connectivity index (χ0) is 42.6. The van der Waals surface area contributed by atoms with Crippen molar-refractivity contribution in [1.29, 1.82) is 0 Å². The Bertz CT molecular complexity index is 4020. The fraction of sp³-hybridized carbons (Fsp3) is 0. The van der Waals surface area contributed by atoms with Gasteiger partial charge in [-0.1, -0.05) is 84.8 Å². The molecule has 7 aromatic carbocycles. The van der Waals surface area contributed by atoms with Crippen LogP contribution in [0.1, 0.15) is 13.7 Å². The van der Waals surface area contributed by atoms with Crippen molar-refractivity contribution in [3.63, 3.8) is 0 Å². The van der Waals surface area contributed by atoms with Crippen molar-refractivity contribution >= 4 is 107 Å². The number of furan rings is 1. The minimum absolute atomic E-state index is 0.0108. The van der Waals surface area contributed by atoms with Crippen LogP contribution in [0.15, 0.2) is 150 Å². The molecular formula is C45H24N4OS2. The molecule has 5 heterocycles. The normalized spacial score (nSPS) is 14.9. The maximum atomic E-state index is 9.61. The SMILES string of the molecule is [2H]c1c([2H])c([2H])c2c(oc3c2c([2H])c([2H])c2c3c3c([2H])c([2H])c([2H])c([2H])c3n2-c2nc(-c3ccc4sc5ccccc5c4c3)nc(-c3cccc4sc5ccccc5c34)n2)c1[2H]. The number of para-hydroxylation sites is 2. The first-order chi connectivity index (χ1) is 29.9. The summed E-state index contributed by atoms with van der Waals surface area (Å²) in [5.41, 5.74) is 0.797. The average Bonchev–Trinajstić information content (AvgIpc) is 4.07. The summed E-state index contributed by atoms with van der Waals surface area (Å²) in [6, 6.07) is 23.1. The second-order valence-corrected chi connectivity index (χ2v) is 14.6. The van der Waals surface area contributed by atoms with E-state index in [1.54, 1.807) is 22.7 Å². The summed E-state index contributed by atoms with van der Waals surface area (Å²) in [7, 11) is 0. The standard InChI is InChI=1S/C45H24N4OS2/c1-5-15-33-29(12-1)41-34(22-21-28-26-10-2-6-16-35(26)50-42(28)41)49(33)45-47-43(25-20-23-38-32(24-25)27-11-3-7-17-36(27)51-38)46-44(48-45)31-14-9-19-39-40(31)30-13-4-8-18-37(30)52-39/h1-24H/i1D,2D,5D,6D,10D,12D,15D,16D,21D,22D. The van der Waals surface area contributed by atoms with Crippen LogP contribution in [0.4, 0.5) is 0 Å². The van der Waals surface area contributed by atoms with Crippen LogP contribution in [-0.2, 0) is 0 Å². The van der Waals surface area contributed by atoms with Gasteiger partial charge in [0.05, 0.1) is 30.1 Å². The predicted molar refractivity (Wildman–Crippen MR) is 218 cm³/mol. The van der Waals surface area contributed by atoms with E-state index in [9.17, 15) is 5.48 Å². The molecule has 0 atom stereocenters. The number of fused-ring (bicyclic) bond motifs is 13. The number of aromatic nitrogens is 4. The van der Waals surface area contributed by atoms with E-state index in [2.05, 4.69) is 18.2 Å². The van der Waals surface area contributed by atoms with E-state index >= 15 is 0 Å². The first-order valence-electron chi connectivity index (χ1n) is 21.4. The van der Waals surface area contributed by atoms with Crippen LogP contribution >= 0.6 is 22.7 Å². The Kier molecular flexibility index (Phi) is 4.15. The molecule has 0 aliphatic heterocycles. The molecule has 0 unspecified atom stereocenters. The van der Waals surface area contributed by atoms with Gasteiger partial charge in [0.25, 0.3) is 0 Å². The third-order valence-electron chi connectivity index (χ3n) is 9.57. The zero-order valence-corrected chi connectivity index (χ0v) is 28.2. The Hall–Kier alpha value is -6.41. The van der Waals surface area contributed by atoms with Gasteiger partial charge >= 0.3 is 0 Å². The topological polar surface area (TPSA) is 56.7 Å². The highest BCUT2D eigenvalue weighted by atomic mass is 32.1. The van der Waals surface area contributed by atoms with Gasteiger partial charge in [-0.2, -0.15) is 9.97 Å². The predicted octanol–water partition coefficient (Wildman–Crippen LogP) is 12.9. The number of benzene rings is 7. The molecule has 52 heavy (non-hydrogen) atoms. The first kappa shape index (κ1) is 20.4. The number of thiophene rings is 2. The molecule has 5 nitrogen and oxygen atoms in total. The molecule has 0 amide bonds.